The lowest BCUT2D eigenvalue weighted by molar-refractivity contribution is -0.137. The summed E-state index contributed by atoms with van der Waals surface area (Å²) in [5.74, 6) is -0.108. The molecule has 0 bridgehead atoms. The third-order valence-corrected chi connectivity index (χ3v) is 7.68. The van der Waals surface area contributed by atoms with Gasteiger partial charge in [0.2, 0.25) is 5.91 Å². The molecule has 3 heterocycles. The Hall–Kier alpha value is -3.96. The molecule has 0 spiro atoms. The lowest BCUT2D eigenvalue weighted by atomic mass is 9.95. The molecule has 2 aromatic heterocycles. The zero-order chi connectivity index (χ0) is 31.1. The molecule has 8 nitrogen and oxygen atoms in total. The van der Waals surface area contributed by atoms with Gasteiger partial charge < -0.3 is 15.5 Å². The van der Waals surface area contributed by atoms with Gasteiger partial charge in [0, 0.05) is 54.1 Å². The van der Waals surface area contributed by atoms with Crippen LogP contribution in [0.15, 0.2) is 48.8 Å². The van der Waals surface area contributed by atoms with Gasteiger partial charge in [0.25, 0.3) is 5.91 Å². The Bertz CT molecular complexity index is 1740. The Morgan fingerprint density at radius 2 is 1.74 bits per heavy atom. The van der Waals surface area contributed by atoms with Crippen molar-refractivity contribution in [1.82, 2.24) is 20.3 Å². The van der Waals surface area contributed by atoms with E-state index in [1.165, 1.54) is 12.3 Å². The predicted molar refractivity (Wildman–Crippen MR) is 160 cm³/mol. The van der Waals surface area contributed by atoms with Crippen LogP contribution in [0.4, 0.5) is 24.7 Å². The summed E-state index contributed by atoms with van der Waals surface area (Å²) in [6, 6.07) is 9.16. The first kappa shape index (κ1) is 30.5. The third kappa shape index (κ3) is 6.52. The molecular formula is C30H27Cl2F3N6O2. The number of fused-ring (bicyclic) bond motifs is 1. The van der Waals surface area contributed by atoms with Crippen molar-refractivity contribution in [3.63, 3.8) is 0 Å². The highest BCUT2D eigenvalue weighted by Gasteiger charge is 2.31. The lowest BCUT2D eigenvalue weighted by Gasteiger charge is -2.33. The Labute approximate surface area is 255 Å². The number of carbonyl (C=O) groups is 2. The molecule has 0 atom stereocenters. The molecule has 2 amide bonds. The summed E-state index contributed by atoms with van der Waals surface area (Å²) < 4.78 is 40.1. The molecule has 13 heteroatoms. The van der Waals surface area contributed by atoms with Gasteiger partial charge in [-0.1, -0.05) is 50.0 Å². The molecule has 4 aromatic rings. The lowest BCUT2D eigenvalue weighted by Crippen LogP contribution is -2.37. The molecule has 0 unspecified atom stereocenters. The third-order valence-electron chi connectivity index (χ3n) is 6.93. The number of hydrogen-bond acceptors (Lipinski definition) is 6. The number of nitrogens with one attached hydrogen (secondary N) is 2. The highest BCUT2D eigenvalue weighted by atomic mass is 35.5. The van der Waals surface area contributed by atoms with Crippen LogP contribution in [0.3, 0.4) is 0 Å². The molecule has 0 saturated carbocycles. The van der Waals surface area contributed by atoms with Crippen molar-refractivity contribution in [1.29, 1.82) is 0 Å². The minimum absolute atomic E-state index is 0.0330. The topological polar surface area (TPSA) is 100 Å². The van der Waals surface area contributed by atoms with E-state index in [4.69, 9.17) is 23.2 Å². The van der Waals surface area contributed by atoms with Crippen molar-refractivity contribution in [3.05, 3.63) is 75.5 Å². The molecule has 2 N–H and O–H groups in total. The van der Waals surface area contributed by atoms with Crippen LogP contribution in [-0.4, -0.2) is 39.9 Å². The molecule has 0 radical (unpaired) electrons. The molecule has 0 aliphatic carbocycles. The number of pyridine rings is 1. The fourth-order valence-corrected chi connectivity index (χ4v) is 4.99. The Kier molecular flexibility index (Phi) is 8.24. The SMILES string of the molecule is CC(C)(C)C(=O)NCc1ccc(Cl)c(C(=O)Nc2ccc3c(N4CCC4)nc(-c4cncc(C(F)(F)F)c4)nc3c2)c1Cl. The van der Waals surface area contributed by atoms with Crippen molar-refractivity contribution in [3.8, 4) is 11.4 Å². The zero-order valence-corrected chi connectivity index (χ0v) is 25.0. The summed E-state index contributed by atoms with van der Waals surface area (Å²) in [6.07, 6.45) is -1.59. The van der Waals surface area contributed by atoms with Crippen LogP contribution in [0, 0.1) is 5.41 Å². The maximum Gasteiger partial charge on any atom is 0.417 e. The summed E-state index contributed by atoms with van der Waals surface area (Å²) >= 11 is 12.9. The van der Waals surface area contributed by atoms with Gasteiger partial charge in [-0.25, -0.2) is 9.97 Å². The molecule has 5 rings (SSSR count). The molecule has 1 aliphatic heterocycles. The van der Waals surface area contributed by atoms with Crippen molar-refractivity contribution in [2.24, 2.45) is 5.41 Å². The summed E-state index contributed by atoms with van der Waals surface area (Å²) in [6.45, 7) is 6.94. The van der Waals surface area contributed by atoms with Gasteiger partial charge in [-0.3, -0.25) is 14.6 Å². The van der Waals surface area contributed by atoms with Crippen molar-refractivity contribution < 1.29 is 22.8 Å². The van der Waals surface area contributed by atoms with Crippen molar-refractivity contribution in [2.45, 2.75) is 39.9 Å². The number of nitrogens with zero attached hydrogens (tertiary/aromatic N) is 4. The normalized spacial score (nSPS) is 13.5. The second kappa shape index (κ2) is 11.6. The van der Waals surface area contributed by atoms with Gasteiger partial charge in [-0.2, -0.15) is 13.2 Å². The van der Waals surface area contributed by atoms with Crippen molar-refractivity contribution in [2.75, 3.05) is 23.3 Å². The Morgan fingerprint density at radius 3 is 2.40 bits per heavy atom. The largest absolute Gasteiger partial charge is 0.417 e. The standard InChI is InChI=1S/C30H27Cl2F3N6O2/c1-29(2,3)28(43)37-14-16-5-8-21(31)23(24(16)32)27(42)38-19-6-7-20-22(12-19)39-25(40-26(20)41-9-4-10-41)17-11-18(15-36-13-17)30(33,34)35/h5-8,11-13,15H,4,9-10,14H2,1-3H3,(H,37,43)(H,38,42). The Morgan fingerprint density at radius 1 is 1.00 bits per heavy atom. The second-order valence-electron chi connectivity index (χ2n) is 11.2. The van der Waals surface area contributed by atoms with E-state index in [0.717, 1.165) is 31.8 Å². The maximum atomic E-state index is 13.4. The van der Waals surface area contributed by atoms with E-state index in [0.29, 0.717) is 28.0 Å². The number of amides is 2. The monoisotopic (exact) mass is 630 g/mol. The summed E-state index contributed by atoms with van der Waals surface area (Å²) in [4.78, 5) is 40.6. The van der Waals surface area contributed by atoms with Gasteiger partial charge in [-0.15, -0.1) is 0 Å². The summed E-state index contributed by atoms with van der Waals surface area (Å²) in [7, 11) is 0. The van der Waals surface area contributed by atoms with Gasteiger partial charge >= 0.3 is 6.18 Å². The number of carbonyl (C=O) groups excluding carboxylic acids is 2. The number of alkyl halides is 3. The van der Waals surface area contributed by atoms with Crippen LogP contribution in [-0.2, 0) is 17.5 Å². The fourth-order valence-electron chi connectivity index (χ4n) is 4.38. The van der Waals surface area contributed by atoms with E-state index in [2.05, 4.69) is 25.6 Å². The predicted octanol–water partition coefficient (Wildman–Crippen LogP) is 7.14. The number of anilines is 2. The van der Waals surface area contributed by atoms with Crippen LogP contribution in [0.2, 0.25) is 10.0 Å². The highest BCUT2D eigenvalue weighted by molar-refractivity contribution is 6.40. The van der Waals surface area contributed by atoms with Crippen LogP contribution in [0.25, 0.3) is 22.3 Å². The van der Waals surface area contributed by atoms with Crippen LogP contribution in [0.5, 0.6) is 0 Å². The van der Waals surface area contributed by atoms with Gasteiger partial charge in [-0.05, 0) is 42.3 Å². The summed E-state index contributed by atoms with van der Waals surface area (Å²) in [5.41, 5.74) is -0.0816. The van der Waals surface area contributed by atoms with E-state index in [1.807, 2.05) is 4.90 Å². The van der Waals surface area contributed by atoms with Gasteiger partial charge in [0.05, 0.1) is 26.7 Å². The van der Waals surface area contributed by atoms with Crippen LogP contribution >= 0.6 is 23.2 Å². The minimum atomic E-state index is -4.57. The van der Waals surface area contributed by atoms with E-state index >= 15 is 0 Å². The fraction of sp³-hybridized carbons (Fsp3) is 0.300. The first-order valence-electron chi connectivity index (χ1n) is 13.4. The van der Waals surface area contributed by atoms with Crippen molar-refractivity contribution >= 4 is 57.4 Å². The van der Waals surface area contributed by atoms with E-state index < -0.39 is 23.1 Å². The maximum absolute atomic E-state index is 13.4. The van der Waals surface area contributed by atoms with Crippen LogP contribution in [0.1, 0.15) is 48.7 Å². The van der Waals surface area contributed by atoms with Gasteiger partial charge in [0.15, 0.2) is 5.82 Å². The van der Waals surface area contributed by atoms with E-state index in [9.17, 15) is 22.8 Å². The quantitative estimate of drug-likeness (QED) is 0.235. The number of rotatable bonds is 6. The summed E-state index contributed by atoms with van der Waals surface area (Å²) in [5, 5.41) is 6.48. The first-order chi connectivity index (χ1) is 20.2. The minimum Gasteiger partial charge on any atom is -0.356 e. The number of hydrogen-bond donors (Lipinski definition) is 2. The van der Waals surface area contributed by atoms with E-state index in [-0.39, 0.29) is 39.4 Å². The van der Waals surface area contributed by atoms with Gasteiger partial charge in [0.1, 0.15) is 5.82 Å². The average Bonchev–Trinajstić information content (AvgIpc) is 2.90. The van der Waals surface area contributed by atoms with E-state index in [1.54, 1.807) is 45.0 Å². The average molecular weight is 631 g/mol. The molecular weight excluding hydrogens is 604 g/mol. The molecule has 1 fully saturated rings. The Balaban J connectivity index is 1.47. The zero-order valence-electron chi connectivity index (χ0n) is 23.4. The number of benzene rings is 2. The molecule has 224 valence electrons. The number of aromatic nitrogens is 3. The van der Waals surface area contributed by atoms with Crippen LogP contribution < -0.4 is 15.5 Å². The smallest absolute Gasteiger partial charge is 0.356 e. The highest BCUT2D eigenvalue weighted by Crippen LogP contribution is 2.35. The molecule has 2 aromatic carbocycles. The first-order valence-corrected chi connectivity index (χ1v) is 14.1. The number of halogens is 5. The second-order valence-corrected chi connectivity index (χ2v) is 12.0. The molecule has 43 heavy (non-hydrogen) atoms. The molecule has 1 aliphatic rings. The molecule has 1 saturated heterocycles.